The Morgan fingerprint density at radius 2 is 1.87 bits per heavy atom. The highest BCUT2D eigenvalue weighted by Gasteiger charge is 2.29. The molecule has 5 nitrogen and oxygen atoms in total. The number of nitrogens with zero attached hydrogens (tertiary/aromatic N) is 2. The smallest absolute Gasteiger partial charge is 0.234 e. The van der Waals surface area contributed by atoms with Gasteiger partial charge in [0.05, 0.1) is 25.3 Å². The molecule has 1 N–H and O–H groups in total. The van der Waals surface area contributed by atoms with Crippen LogP contribution in [-0.4, -0.2) is 67.2 Å². The van der Waals surface area contributed by atoms with Gasteiger partial charge in [-0.05, 0) is 49.3 Å². The number of likely N-dealkylation sites (tertiary alicyclic amines) is 1. The van der Waals surface area contributed by atoms with Crippen LogP contribution in [0.3, 0.4) is 0 Å². The number of morpholine rings is 1. The SMILES string of the molecule is CC1CN(C2CCN(CC(=O)NC(CC(C)(C)C)c3ccc(F)cc3)CC2)CCO1. The molecule has 0 spiro atoms. The lowest BCUT2D eigenvalue weighted by atomic mass is 9.85. The zero-order chi connectivity index (χ0) is 21.7. The molecule has 168 valence electrons. The van der Waals surface area contributed by atoms with Crippen molar-refractivity contribution in [1.82, 2.24) is 15.1 Å². The molecule has 1 amide bonds. The maximum Gasteiger partial charge on any atom is 0.234 e. The Balaban J connectivity index is 1.51. The number of rotatable bonds is 6. The summed E-state index contributed by atoms with van der Waals surface area (Å²) >= 11 is 0. The number of hydrogen-bond donors (Lipinski definition) is 1. The highest BCUT2D eigenvalue weighted by Crippen LogP contribution is 2.29. The first-order chi connectivity index (χ1) is 14.2. The second-order valence-electron chi connectivity index (χ2n) is 10.1. The molecular weight excluding hydrogens is 381 g/mol. The normalized spacial score (nSPS) is 23.3. The van der Waals surface area contributed by atoms with E-state index in [1.165, 1.54) is 12.1 Å². The summed E-state index contributed by atoms with van der Waals surface area (Å²) in [6.45, 7) is 13.8. The Morgan fingerprint density at radius 3 is 2.47 bits per heavy atom. The van der Waals surface area contributed by atoms with Crippen molar-refractivity contribution in [3.8, 4) is 0 Å². The minimum Gasteiger partial charge on any atom is -0.376 e. The fourth-order valence-corrected chi connectivity index (χ4v) is 4.62. The van der Waals surface area contributed by atoms with Crippen LogP contribution in [0.4, 0.5) is 4.39 Å². The van der Waals surface area contributed by atoms with Gasteiger partial charge in [-0.25, -0.2) is 4.39 Å². The van der Waals surface area contributed by atoms with Crippen LogP contribution in [0.25, 0.3) is 0 Å². The van der Waals surface area contributed by atoms with Gasteiger partial charge >= 0.3 is 0 Å². The first-order valence-electron chi connectivity index (χ1n) is 11.3. The van der Waals surface area contributed by atoms with Crippen molar-refractivity contribution in [3.05, 3.63) is 35.6 Å². The van der Waals surface area contributed by atoms with Gasteiger partial charge in [-0.15, -0.1) is 0 Å². The third kappa shape index (κ3) is 7.03. The quantitative estimate of drug-likeness (QED) is 0.765. The van der Waals surface area contributed by atoms with Crippen molar-refractivity contribution in [2.24, 2.45) is 5.41 Å². The summed E-state index contributed by atoms with van der Waals surface area (Å²) in [6, 6.07) is 6.99. The zero-order valence-corrected chi connectivity index (χ0v) is 19.0. The van der Waals surface area contributed by atoms with Gasteiger partial charge in [0.25, 0.3) is 0 Å². The first kappa shape index (κ1) is 23.2. The second-order valence-corrected chi connectivity index (χ2v) is 10.1. The van der Waals surface area contributed by atoms with Crippen LogP contribution in [-0.2, 0) is 9.53 Å². The standard InChI is InChI=1S/C24H38FN3O2/c1-18-16-28(13-14-30-18)21-9-11-27(12-10-21)17-23(29)26-22(15-24(2,3)4)19-5-7-20(25)8-6-19/h5-8,18,21-22H,9-17H2,1-4H3,(H,26,29). The van der Waals surface area contributed by atoms with Gasteiger partial charge in [-0.2, -0.15) is 0 Å². The van der Waals surface area contributed by atoms with E-state index in [9.17, 15) is 9.18 Å². The number of halogens is 1. The van der Waals surface area contributed by atoms with Crippen molar-refractivity contribution in [2.45, 2.75) is 65.1 Å². The van der Waals surface area contributed by atoms with Crippen molar-refractivity contribution >= 4 is 5.91 Å². The van der Waals surface area contributed by atoms with E-state index >= 15 is 0 Å². The fourth-order valence-electron chi connectivity index (χ4n) is 4.62. The molecule has 2 aliphatic rings. The Bertz CT molecular complexity index is 681. The van der Waals surface area contributed by atoms with Gasteiger partial charge in [-0.3, -0.25) is 14.6 Å². The Morgan fingerprint density at radius 1 is 1.20 bits per heavy atom. The predicted molar refractivity (Wildman–Crippen MR) is 118 cm³/mol. The van der Waals surface area contributed by atoms with Gasteiger partial charge in [-0.1, -0.05) is 32.9 Å². The molecule has 6 heteroatoms. The summed E-state index contributed by atoms with van der Waals surface area (Å²) in [5, 5.41) is 3.21. The van der Waals surface area contributed by atoms with Gasteiger partial charge in [0.15, 0.2) is 0 Å². The molecule has 2 unspecified atom stereocenters. The molecule has 0 aliphatic carbocycles. The number of ether oxygens (including phenoxy) is 1. The maximum absolute atomic E-state index is 13.3. The Hall–Kier alpha value is -1.50. The lowest BCUT2D eigenvalue weighted by Crippen LogP contribution is -2.52. The molecule has 2 fully saturated rings. The lowest BCUT2D eigenvalue weighted by Gasteiger charge is -2.41. The molecule has 2 atom stereocenters. The molecule has 0 saturated carbocycles. The van der Waals surface area contributed by atoms with Gasteiger partial charge < -0.3 is 10.1 Å². The molecule has 30 heavy (non-hydrogen) atoms. The molecule has 0 radical (unpaired) electrons. The minimum atomic E-state index is -0.253. The Labute approximate surface area is 180 Å². The van der Waals surface area contributed by atoms with Crippen molar-refractivity contribution < 1.29 is 13.9 Å². The molecule has 1 aromatic rings. The zero-order valence-electron chi connectivity index (χ0n) is 19.0. The number of benzene rings is 1. The number of hydrogen-bond acceptors (Lipinski definition) is 4. The third-order valence-corrected chi connectivity index (χ3v) is 6.14. The van der Waals surface area contributed by atoms with E-state index in [1.54, 1.807) is 12.1 Å². The van der Waals surface area contributed by atoms with Crippen LogP contribution in [0.15, 0.2) is 24.3 Å². The van der Waals surface area contributed by atoms with Crippen LogP contribution in [0.1, 0.15) is 58.6 Å². The summed E-state index contributed by atoms with van der Waals surface area (Å²) in [5.41, 5.74) is 1.01. The number of carbonyl (C=O) groups excluding carboxylic acids is 1. The maximum atomic E-state index is 13.3. The van der Waals surface area contributed by atoms with Crippen LogP contribution >= 0.6 is 0 Å². The van der Waals surface area contributed by atoms with Crippen LogP contribution in [0.5, 0.6) is 0 Å². The number of carbonyl (C=O) groups is 1. The van der Waals surface area contributed by atoms with Crippen molar-refractivity contribution in [1.29, 1.82) is 0 Å². The van der Waals surface area contributed by atoms with E-state index in [-0.39, 0.29) is 23.2 Å². The summed E-state index contributed by atoms with van der Waals surface area (Å²) < 4.78 is 19.0. The fraction of sp³-hybridized carbons (Fsp3) is 0.708. The van der Waals surface area contributed by atoms with Gasteiger partial charge in [0.1, 0.15) is 5.82 Å². The summed E-state index contributed by atoms with van der Waals surface area (Å²) in [5.74, 6) is -0.205. The van der Waals surface area contributed by atoms with Crippen LogP contribution in [0, 0.1) is 11.2 Å². The largest absolute Gasteiger partial charge is 0.376 e. The highest BCUT2D eigenvalue weighted by molar-refractivity contribution is 5.78. The van der Waals surface area contributed by atoms with E-state index in [0.717, 1.165) is 57.6 Å². The van der Waals surface area contributed by atoms with Crippen LogP contribution < -0.4 is 5.32 Å². The van der Waals surface area contributed by atoms with E-state index in [2.05, 4.69) is 42.8 Å². The molecule has 2 heterocycles. The molecule has 0 bridgehead atoms. The van der Waals surface area contributed by atoms with Gasteiger partial charge in [0.2, 0.25) is 5.91 Å². The van der Waals surface area contributed by atoms with E-state index in [0.29, 0.717) is 18.7 Å². The summed E-state index contributed by atoms with van der Waals surface area (Å²) in [4.78, 5) is 17.6. The summed E-state index contributed by atoms with van der Waals surface area (Å²) in [7, 11) is 0. The molecule has 3 rings (SSSR count). The molecule has 0 aromatic heterocycles. The molecule has 1 aromatic carbocycles. The predicted octanol–water partition coefficient (Wildman–Crippen LogP) is 3.60. The Kier molecular flexibility index (Phi) is 7.88. The lowest BCUT2D eigenvalue weighted by molar-refractivity contribution is -0.123. The van der Waals surface area contributed by atoms with Crippen molar-refractivity contribution in [2.75, 3.05) is 39.3 Å². The first-order valence-corrected chi connectivity index (χ1v) is 11.3. The number of piperidine rings is 1. The van der Waals surface area contributed by atoms with Gasteiger partial charge in [0, 0.05) is 32.2 Å². The van der Waals surface area contributed by atoms with E-state index in [1.807, 2.05) is 0 Å². The summed E-state index contributed by atoms with van der Waals surface area (Å²) in [6.07, 6.45) is 3.32. The monoisotopic (exact) mass is 419 g/mol. The average molecular weight is 420 g/mol. The average Bonchev–Trinajstić information content (AvgIpc) is 2.67. The molecule has 2 aliphatic heterocycles. The number of nitrogens with one attached hydrogen (secondary N) is 1. The third-order valence-electron chi connectivity index (χ3n) is 6.14. The topological polar surface area (TPSA) is 44.8 Å². The van der Waals surface area contributed by atoms with E-state index < -0.39 is 0 Å². The van der Waals surface area contributed by atoms with Crippen LogP contribution in [0.2, 0.25) is 0 Å². The second kappa shape index (κ2) is 10.2. The number of amides is 1. The highest BCUT2D eigenvalue weighted by atomic mass is 19.1. The molecular formula is C24H38FN3O2. The van der Waals surface area contributed by atoms with E-state index in [4.69, 9.17) is 4.74 Å². The minimum absolute atomic E-state index is 0.0482. The van der Waals surface area contributed by atoms with Crippen molar-refractivity contribution in [3.63, 3.8) is 0 Å². The molecule has 2 saturated heterocycles.